The molecule has 12 nitrogen and oxygen atoms in total. The molecule has 0 aliphatic heterocycles. The topological polar surface area (TPSA) is 216 Å². The van der Waals surface area contributed by atoms with Crippen LogP contribution in [-0.4, -0.2) is 81.5 Å². The zero-order valence-corrected chi connectivity index (χ0v) is 19.9. The third-order valence-corrected chi connectivity index (χ3v) is 8.11. The summed E-state index contributed by atoms with van der Waals surface area (Å²) < 4.78 is 32.8. The van der Waals surface area contributed by atoms with E-state index in [4.69, 9.17) is 17.3 Å². The molecule has 1 amide bonds. The fraction of sp³-hybridized carbons (Fsp3) is 0.381. The lowest BCUT2D eigenvalue weighted by Gasteiger charge is -2.50. The molecule has 0 spiro atoms. The number of aliphatic hydroxyl groups excluding tert-OH is 2. The molecule has 0 saturated heterocycles. The Balaban J connectivity index is 2.02. The van der Waals surface area contributed by atoms with E-state index in [1.54, 1.807) is 0 Å². The minimum Gasteiger partial charge on any atom is -0.508 e. The molecule has 0 heterocycles. The molecule has 14 heteroatoms. The van der Waals surface area contributed by atoms with E-state index in [1.807, 2.05) is 0 Å². The van der Waals surface area contributed by atoms with Gasteiger partial charge in [-0.25, -0.2) is 0 Å². The van der Waals surface area contributed by atoms with Gasteiger partial charge in [-0.15, -0.1) is 0 Å². The van der Waals surface area contributed by atoms with Gasteiger partial charge in [0.15, 0.2) is 11.4 Å². The Morgan fingerprint density at radius 1 is 1.23 bits per heavy atom. The Morgan fingerprint density at radius 2 is 1.83 bits per heavy atom. The number of nitrogens with two attached hydrogens (primary N) is 1. The molecule has 35 heavy (non-hydrogen) atoms. The fourth-order valence-corrected chi connectivity index (χ4v) is 6.40. The molecule has 1 unspecified atom stereocenters. The number of halogens is 1. The third kappa shape index (κ3) is 3.30. The zero-order valence-electron chi connectivity index (χ0n) is 18.3. The maximum atomic E-state index is 13.6. The van der Waals surface area contributed by atoms with Gasteiger partial charge in [0.25, 0.3) is 16.0 Å². The summed E-state index contributed by atoms with van der Waals surface area (Å²) >= 11 is 6.19. The lowest BCUT2D eigenvalue weighted by Crippen LogP contribution is -2.65. The van der Waals surface area contributed by atoms with Gasteiger partial charge in [-0.1, -0.05) is 11.6 Å². The average molecular weight is 529 g/mol. The molecular weight excluding hydrogens is 508 g/mol. The van der Waals surface area contributed by atoms with Gasteiger partial charge in [0.05, 0.1) is 11.6 Å². The smallest absolute Gasteiger partial charge is 0.298 e. The molecule has 7 N–H and O–H groups in total. The number of hydrogen-bond acceptors (Lipinski definition) is 10. The first-order chi connectivity index (χ1) is 16.0. The largest absolute Gasteiger partial charge is 0.508 e. The summed E-state index contributed by atoms with van der Waals surface area (Å²) in [6.45, 7) is 0. The minimum atomic E-state index is -4.98. The summed E-state index contributed by atoms with van der Waals surface area (Å²) in [7, 11) is -2.04. The van der Waals surface area contributed by atoms with Crippen molar-refractivity contribution in [2.45, 2.75) is 29.4 Å². The predicted octanol–water partition coefficient (Wildman–Crippen LogP) is -0.136. The molecule has 188 valence electrons. The monoisotopic (exact) mass is 528 g/mol. The molecular formula is C21H21ClN2O10S. The molecule has 1 fully saturated rings. The number of fused-ring (bicyclic) bond motifs is 3. The second kappa shape index (κ2) is 7.77. The number of phenolic OH excluding ortho intramolecular Hbond substituents is 1. The van der Waals surface area contributed by atoms with Crippen LogP contribution < -0.4 is 5.73 Å². The maximum absolute atomic E-state index is 13.6. The second-order valence-electron chi connectivity index (χ2n) is 9.00. The van der Waals surface area contributed by atoms with Crippen LogP contribution in [0.15, 0.2) is 27.9 Å². The maximum Gasteiger partial charge on any atom is 0.298 e. The number of likely N-dealkylation sites (N-methyl/N-ethyl adjacent to an activating group) is 1. The Kier molecular flexibility index (Phi) is 5.58. The Bertz CT molecular complexity index is 1400. The summed E-state index contributed by atoms with van der Waals surface area (Å²) in [5, 5.41) is 43.5. The van der Waals surface area contributed by atoms with Crippen molar-refractivity contribution < 1.29 is 47.8 Å². The van der Waals surface area contributed by atoms with Crippen LogP contribution in [0.3, 0.4) is 0 Å². The second-order valence-corrected chi connectivity index (χ2v) is 10.8. The number of carbonyl (C=O) groups is 3. The first-order valence-corrected chi connectivity index (χ1v) is 12.0. The summed E-state index contributed by atoms with van der Waals surface area (Å²) in [4.78, 5) is 38.9. The molecule has 1 aromatic rings. The molecule has 4 rings (SSSR count). The van der Waals surface area contributed by atoms with E-state index in [9.17, 15) is 47.8 Å². The molecule has 1 saturated carbocycles. The molecule has 1 aromatic carbocycles. The number of aromatic hydroxyl groups is 1. The summed E-state index contributed by atoms with van der Waals surface area (Å²) in [5.41, 5.74) is 0.519. The highest BCUT2D eigenvalue weighted by molar-refractivity contribution is 7.86. The Hall–Kier alpha value is -2.97. The van der Waals surface area contributed by atoms with Gasteiger partial charge in [0.2, 0.25) is 5.78 Å². The molecule has 0 bridgehead atoms. The fourth-order valence-electron chi connectivity index (χ4n) is 5.44. The average Bonchev–Trinajstić information content (AvgIpc) is 2.71. The van der Waals surface area contributed by atoms with Gasteiger partial charge in [0, 0.05) is 16.5 Å². The van der Waals surface area contributed by atoms with Crippen LogP contribution in [0.2, 0.25) is 5.02 Å². The van der Waals surface area contributed by atoms with Crippen LogP contribution in [0.5, 0.6) is 5.75 Å². The van der Waals surface area contributed by atoms with Gasteiger partial charge in [-0.2, -0.15) is 8.42 Å². The van der Waals surface area contributed by atoms with Gasteiger partial charge < -0.3 is 26.2 Å². The normalized spacial score (nSPS) is 28.7. The van der Waals surface area contributed by atoms with Crippen LogP contribution in [0.25, 0.3) is 5.76 Å². The van der Waals surface area contributed by atoms with Crippen LogP contribution >= 0.6 is 11.6 Å². The SMILES string of the molecule is CN(C)[C@@H]1C(=O)C(C(N)=O)=C(O)[C@@]2(O)C(=O)C3=C(O)c4c(O)c(S(=O)(=O)O)cc(Cl)c4CC3C[C@@H]12. The van der Waals surface area contributed by atoms with E-state index in [0.717, 1.165) is 6.07 Å². The van der Waals surface area contributed by atoms with Crippen molar-refractivity contribution in [1.82, 2.24) is 4.90 Å². The van der Waals surface area contributed by atoms with Crippen molar-refractivity contribution in [3.63, 3.8) is 0 Å². The quantitative estimate of drug-likeness (QED) is 0.224. The minimum absolute atomic E-state index is 0.0715. The van der Waals surface area contributed by atoms with E-state index in [0.29, 0.717) is 0 Å². The van der Waals surface area contributed by atoms with Crippen molar-refractivity contribution in [3.8, 4) is 5.75 Å². The summed E-state index contributed by atoms with van der Waals surface area (Å²) in [6, 6.07) is -0.441. The van der Waals surface area contributed by atoms with E-state index >= 15 is 0 Å². The highest BCUT2D eigenvalue weighted by Gasteiger charge is 2.64. The third-order valence-electron chi connectivity index (χ3n) is 6.91. The number of primary amides is 1. The van der Waals surface area contributed by atoms with E-state index < -0.39 is 89.9 Å². The Labute approximate surface area is 203 Å². The highest BCUT2D eigenvalue weighted by atomic mass is 35.5. The summed E-state index contributed by atoms with van der Waals surface area (Å²) in [5.74, 6) is -8.88. The van der Waals surface area contributed by atoms with Gasteiger partial charge in [0.1, 0.15) is 27.7 Å². The number of Topliss-reactive ketones (excluding diaryl/α,β-unsaturated/α-hetero) is 2. The molecule has 4 atom stereocenters. The number of nitrogens with zero attached hydrogens (tertiary/aromatic N) is 1. The van der Waals surface area contributed by atoms with Crippen molar-refractivity contribution >= 4 is 45.0 Å². The standard InChI is InChI=1S/C21H21ClN2O10S/c1-24(2)14-8-4-6-3-7-9(22)5-10(35(32,33)34)15(25)12(7)16(26)11(6)18(28)21(8,31)19(29)13(17(14)27)20(23)30/h5-6,8,14,25-26,29,31H,3-4H2,1-2H3,(H2,23,30)(H,32,33,34)/t6?,8-,14-,21-/m0/s1. The van der Waals surface area contributed by atoms with Crippen molar-refractivity contribution in [1.29, 1.82) is 0 Å². The zero-order chi connectivity index (χ0) is 26.4. The molecule has 3 aliphatic carbocycles. The van der Waals surface area contributed by atoms with Crippen molar-refractivity contribution in [3.05, 3.63) is 39.1 Å². The number of phenols is 1. The van der Waals surface area contributed by atoms with Crippen LogP contribution in [0.1, 0.15) is 17.5 Å². The number of rotatable bonds is 3. The molecule has 3 aliphatic rings. The molecule has 0 radical (unpaired) electrons. The predicted molar refractivity (Wildman–Crippen MR) is 119 cm³/mol. The lowest BCUT2D eigenvalue weighted by atomic mass is 9.57. The number of amides is 1. The van der Waals surface area contributed by atoms with Crippen LogP contribution in [0.4, 0.5) is 0 Å². The Morgan fingerprint density at radius 3 is 2.34 bits per heavy atom. The first kappa shape index (κ1) is 25.1. The summed E-state index contributed by atoms with van der Waals surface area (Å²) in [6.07, 6.45) is -0.268. The van der Waals surface area contributed by atoms with Crippen molar-refractivity contribution in [2.75, 3.05) is 14.1 Å². The lowest BCUT2D eigenvalue weighted by molar-refractivity contribution is -0.153. The number of aliphatic hydroxyl groups is 3. The van der Waals surface area contributed by atoms with E-state index in [-0.39, 0.29) is 23.4 Å². The van der Waals surface area contributed by atoms with Crippen LogP contribution in [-0.2, 0) is 30.9 Å². The number of benzene rings is 1. The van der Waals surface area contributed by atoms with E-state index in [1.165, 1.54) is 19.0 Å². The van der Waals surface area contributed by atoms with Crippen LogP contribution in [0, 0.1) is 11.8 Å². The highest BCUT2D eigenvalue weighted by Crippen LogP contribution is 2.54. The number of hydrogen-bond donors (Lipinski definition) is 6. The van der Waals surface area contributed by atoms with E-state index in [2.05, 4.69) is 0 Å². The van der Waals surface area contributed by atoms with Crippen molar-refractivity contribution in [2.24, 2.45) is 17.6 Å². The van der Waals surface area contributed by atoms with Gasteiger partial charge in [-0.3, -0.25) is 23.8 Å². The van der Waals surface area contributed by atoms with Gasteiger partial charge >= 0.3 is 0 Å². The number of carbonyl (C=O) groups excluding carboxylic acids is 3. The van der Waals surface area contributed by atoms with Gasteiger partial charge in [-0.05, 0) is 44.5 Å². The number of ketones is 2. The molecule has 0 aromatic heterocycles. The first-order valence-electron chi connectivity index (χ1n) is 10.2.